The summed E-state index contributed by atoms with van der Waals surface area (Å²) in [6.45, 7) is 1.93. The van der Waals surface area contributed by atoms with E-state index in [0.717, 1.165) is 12.8 Å². The topological polar surface area (TPSA) is 92.4 Å². The van der Waals surface area contributed by atoms with E-state index in [2.05, 4.69) is 5.32 Å². The first-order chi connectivity index (χ1) is 7.02. The number of carbonyl (C=O) groups is 2. The van der Waals surface area contributed by atoms with E-state index >= 15 is 0 Å². The van der Waals surface area contributed by atoms with Crippen LogP contribution < -0.4 is 11.1 Å². The molecule has 4 N–H and O–H groups in total. The van der Waals surface area contributed by atoms with Crippen LogP contribution in [0.5, 0.6) is 0 Å². The number of carbonyl (C=O) groups excluding carboxylic acids is 1. The molecule has 0 heterocycles. The van der Waals surface area contributed by atoms with E-state index in [-0.39, 0.29) is 5.91 Å². The van der Waals surface area contributed by atoms with Gasteiger partial charge in [0.05, 0.1) is 6.04 Å². The summed E-state index contributed by atoms with van der Waals surface area (Å²) in [5.74, 6) is -1.30. The lowest BCUT2D eigenvalue weighted by Gasteiger charge is -2.38. The minimum Gasteiger partial charge on any atom is -0.480 e. The van der Waals surface area contributed by atoms with Crippen molar-refractivity contribution in [2.45, 2.75) is 50.6 Å². The summed E-state index contributed by atoms with van der Waals surface area (Å²) in [6.07, 6.45) is 3.26. The number of nitrogens with two attached hydrogens (primary N) is 1. The van der Waals surface area contributed by atoms with Crippen LogP contribution in [0.15, 0.2) is 0 Å². The SMILES string of the molecule is CCC[C@H](N)C(=O)NC1(C(=O)O)CCC1. The molecule has 1 aliphatic carbocycles. The van der Waals surface area contributed by atoms with Crippen LogP contribution in [0.25, 0.3) is 0 Å². The van der Waals surface area contributed by atoms with Crippen molar-refractivity contribution in [3.8, 4) is 0 Å². The highest BCUT2D eigenvalue weighted by Crippen LogP contribution is 2.32. The number of aliphatic carboxylic acids is 1. The fourth-order valence-corrected chi connectivity index (χ4v) is 1.69. The summed E-state index contributed by atoms with van der Waals surface area (Å²) >= 11 is 0. The highest BCUT2D eigenvalue weighted by molar-refractivity contribution is 5.90. The Morgan fingerprint density at radius 3 is 2.47 bits per heavy atom. The molecule has 0 spiro atoms. The zero-order valence-electron chi connectivity index (χ0n) is 8.95. The highest BCUT2D eigenvalue weighted by atomic mass is 16.4. The highest BCUT2D eigenvalue weighted by Gasteiger charge is 2.46. The Hall–Kier alpha value is -1.10. The van der Waals surface area contributed by atoms with Gasteiger partial charge in [0.25, 0.3) is 0 Å². The van der Waals surface area contributed by atoms with Gasteiger partial charge in [-0.1, -0.05) is 13.3 Å². The van der Waals surface area contributed by atoms with E-state index in [1.165, 1.54) is 0 Å². The van der Waals surface area contributed by atoms with Gasteiger partial charge in [0.2, 0.25) is 5.91 Å². The Labute approximate surface area is 89.0 Å². The molecule has 86 valence electrons. The monoisotopic (exact) mass is 214 g/mol. The average Bonchev–Trinajstić information content (AvgIpc) is 2.10. The van der Waals surface area contributed by atoms with Crippen molar-refractivity contribution in [3.05, 3.63) is 0 Å². The lowest BCUT2D eigenvalue weighted by atomic mass is 9.76. The Morgan fingerprint density at radius 1 is 1.53 bits per heavy atom. The molecular weight excluding hydrogens is 196 g/mol. The molecule has 0 aromatic heterocycles. The maximum absolute atomic E-state index is 11.5. The van der Waals surface area contributed by atoms with Crippen molar-refractivity contribution in [3.63, 3.8) is 0 Å². The molecule has 1 aliphatic rings. The van der Waals surface area contributed by atoms with E-state index < -0.39 is 17.6 Å². The van der Waals surface area contributed by atoms with Crippen LogP contribution in [-0.2, 0) is 9.59 Å². The molecular formula is C10H18N2O3. The van der Waals surface area contributed by atoms with E-state index in [1.54, 1.807) is 0 Å². The molecule has 0 aromatic rings. The van der Waals surface area contributed by atoms with Gasteiger partial charge in [0, 0.05) is 0 Å². The predicted octanol–water partition coefficient (Wildman–Crippen LogP) is 0.237. The third-order valence-corrected chi connectivity index (χ3v) is 2.92. The van der Waals surface area contributed by atoms with Crippen molar-refractivity contribution in [1.82, 2.24) is 5.32 Å². The zero-order valence-corrected chi connectivity index (χ0v) is 8.95. The molecule has 0 aliphatic heterocycles. The van der Waals surface area contributed by atoms with Crippen LogP contribution in [-0.4, -0.2) is 28.6 Å². The van der Waals surface area contributed by atoms with Gasteiger partial charge in [-0.25, -0.2) is 4.79 Å². The molecule has 1 amide bonds. The molecule has 0 aromatic carbocycles. The first-order valence-corrected chi connectivity index (χ1v) is 5.33. The van der Waals surface area contributed by atoms with Gasteiger partial charge in [-0.2, -0.15) is 0 Å². The Kier molecular flexibility index (Phi) is 3.68. The van der Waals surface area contributed by atoms with Crippen LogP contribution in [0, 0.1) is 0 Å². The third kappa shape index (κ3) is 2.47. The van der Waals surface area contributed by atoms with Gasteiger partial charge < -0.3 is 16.2 Å². The van der Waals surface area contributed by atoms with Crippen LogP contribution in [0.4, 0.5) is 0 Å². The summed E-state index contributed by atoms with van der Waals surface area (Å²) in [6, 6.07) is -0.591. The second kappa shape index (κ2) is 4.61. The Bertz CT molecular complexity index is 261. The summed E-state index contributed by atoms with van der Waals surface area (Å²) in [7, 11) is 0. The Balaban J connectivity index is 2.52. The molecule has 1 fully saturated rings. The third-order valence-electron chi connectivity index (χ3n) is 2.92. The molecule has 1 rings (SSSR count). The van der Waals surface area contributed by atoms with Crippen LogP contribution in [0.3, 0.4) is 0 Å². The van der Waals surface area contributed by atoms with E-state index in [1.807, 2.05) is 6.92 Å². The molecule has 0 unspecified atom stereocenters. The minimum atomic E-state index is -1.04. The standard InChI is InChI=1S/C10H18N2O3/c1-2-4-7(11)8(13)12-10(9(14)15)5-3-6-10/h7H,2-6,11H2,1H3,(H,12,13)(H,14,15)/t7-/m0/s1. The van der Waals surface area contributed by atoms with Crippen molar-refractivity contribution >= 4 is 11.9 Å². The number of carboxylic acids is 1. The van der Waals surface area contributed by atoms with E-state index in [4.69, 9.17) is 10.8 Å². The van der Waals surface area contributed by atoms with Gasteiger partial charge >= 0.3 is 5.97 Å². The fraction of sp³-hybridized carbons (Fsp3) is 0.800. The molecule has 5 heteroatoms. The minimum absolute atomic E-state index is 0.348. The van der Waals surface area contributed by atoms with Gasteiger partial charge in [-0.3, -0.25) is 4.79 Å². The van der Waals surface area contributed by atoms with Crippen LogP contribution in [0.1, 0.15) is 39.0 Å². The average molecular weight is 214 g/mol. The summed E-state index contributed by atoms with van der Waals surface area (Å²) in [5, 5.41) is 11.5. The summed E-state index contributed by atoms with van der Waals surface area (Å²) < 4.78 is 0. The molecule has 5 nitrogen and oxygen atoms in total. The molecule has 0 saturated heterocycles. The lowest BCUT2D eigenvalue weighted by Crippen LogP contribution is -2.61. The Morgan fingerprint density at radius 2 is 2.13 bits per heavy atom. The fourth-order valence-electron chi connectivity index (χ4n) is 1.69. The normalized spacial score (nSPS) is 20.1. The quantitative estimate of drug-likeness (QED) is 0.611. The number of nitrogens with one attached hydrogen (secondary N) is 1. The number of hydrogen-bond acceptors (Lipinski definition) is 3. The lowest BCUT2D eigenvalue weighted by molar-refractivity contribution is -0.152. The van der Waals surface area contributed by atoms with Crippen LogP contribution >= 0.6 is 0 Å². The van der Waals surface area contributed by atoms with Gasteiger partial charge in [-0.15, -0.1) is 0 Å². The van der Waals surface area contributed by atoms with Gasteiger partial charge in [-0.05, 0) is 25.7 Å². The van der Waals surface area contributed by atoms with Gasteiger partial charge in [0.15, 0.2) is 0 Å². The van der Waals surface area contributed by atoms with Crippen LogP contribution in [0.2, 0.25) is 0 Å². The number of carboxylic acid groups (broad SMARTS) is 1. The van der Waals surface area contributed by atoms with Gasteiger partial charge in [0.1, 0.15) is 5.54 Å². The maximum Gasteiger partial charge on any atom is 0.329 e. The molecule has 1 saturated carbocycles. The first kappa shape index (κ1) is 12.0. The second-order valence-corrected chi connectivity index (χ2v) is 4.13. The molecule has 1 atom stereocenters. The molecule has 0 bridgehead atoms. The number of amides is 1. The summed E-state index contributed by atoms with van der Waals surface area (Å²) in [5.41, 5.74) is 4.57. The largest absolute Gasteiger partial charge is 0.480 e. The van der Waals surface area contributed by atoms with Crippen molar-refractivity contribution in [2.24, 2.45) is 5.73 Å². The van der Waals surface area contributed by atoms with E-state index in [0.29, 0.717) is 19.3 Å². The van der Waals surface area contributed by atoms with Crippen molar-refractivity contribution < 1.29 is 14.7 Å². The number of hydrogen-bond donors (Lipinski definition) is 3. The second-order valence-electron chi connectivity index (χ2n) is 4.13. The zero-order chi connectivity index (χ0) is 11.5. The predicted molar refractivity (Wildman–Crippen MR) is 55.2 cm³/mol. The van der Waals surface area contributed by atoms with E-state index in [9.17, 15) is 9.59 Å². The number of rotatable bonds is 5. The maximum atomic E-state index is 11.5. The van der Waals surface area contributed by atoms with Crippen molar-refractivity contribution in [2.75, 3.05) is 0 Å². The smallest absolute Gasteiger partial charge is 0.329 e. The molecule has 0 radical (unpaired) electrons. The molecule has 15 heavy (non-hydrogen) atoms. The first-order valence-electron chi connectivity index (χ1n) is 5.33. The van der Waals surface area contributed by atoms with Crippen molar-refractivity contribution in [1.29, 1.82) is 0 Å². The summed E-state index contributed by atoms with van der Waals surface area (Å²) in [4.78, 5) is 22.5.